The van der Waals surface area contributed by atoms with E-state index in [2.05, 4.69) is 79.2 Å². The van der Waals surface area contributed by atoms with Crippen molar-refractivity contribution < 1.29 is 0 Å². The highest BCUT2D eigenvalue weighted by molar-refractivity contribution is 7.15. The molecule has 25 heavy (non-hydrogen) atoms. The van der Waals surface area contributed by atoms with Gasteiger partial charge >= 0.3 is 0 Å². The molecule has 0 saturated heterocycles. The van der Waals surface area contributed by atoms with Gasteiger partial charge in [-0.2, -0.15) is 0 Å². The molecule has 2 N–H and O–H groups in total. The summed E-state index contributed by atoms with van der Waals surface area (Å²) < 4.78 is 0. The van der Waals surface area contributed by atoms with Crippen LogP contribution >= 0.6 is 11.3 Å². The first-order valence-corrected chi connectivity index (χ1v) is 9.53. The highest BCUT2D eigenvalue weighted by Gasteiger charge is 2.11. The van der Waals surface area contributed by atoms with Gasteiger partial charge in [-0.1, -0.05) is 43.3 Å². The van der Waals surface area contributed by atoms with Crippen LogP contribution in [0.5, 0.6) is 0 Å². The predicted molar refractivity (Wildman–Crippen MR) is 109 cm³/mol. The van der Waals surface area contributed by atoms with Gasteiger partial charge in [0.15, 0.2) is 5.13 Å². The third-order valence-electron chi connectivity index (χ3n) is 4.44. The van der Waals surface area contributed by atoms with Crippen LogP contribution in [0.25, 0.3) is 11.3 Å². The molecule has 0 radical (unpaired) electrons. The number of nitrogens with zero attached hydrogens (tertiary/aromatic N) is 2. The van der Waals surface area contributed by atoms with Crippen molar-refractivity contribution in [1.82, 2.24) is 4.98 Å². The lowest BCUT2D eigenvalue weighted by Crippen LogP contribution is -2.23. The molecule has 0 amide bonds. The third kappa shape index (κ3) is 4.02. The molecule has 0 fully saturated rings. The minimum Gasteiger partial charge on any atom is -0.375 e. The lowest BCUT2D eigenvalue weighted by atomic mass is 10.1. The number of benzene rings is 2. The number of anilines is 2. The molecule has 3 aromatic rings. The van der Waals surface area contributed by atoms with E-state index in [1.807, 2.05) is 0 Å². The van der Waals surface area contributed by atoms with Crippen molar-refractivity contribution in [1.29, 1.82) is 0 Å². The molecular weight excluding hydrogens is 326 g/mol. The molecule has 0 spiro atoms. The van der Waals surface area contributed by atoms with Gasteiger partial charge in [0, 0.05) is 29.2 Å². The summed E-state index contributed by atoms with van der Waals surface area (Å²) in [6.45, 7) is 8.44. The second-order valence-electron chi connectivity index (χ2n) is 6.35. The summed E-state index contributed by atoms with van der Waals surface area (Å²) in [6.07, 6.45) is 1.12. The van der Waals surface area contributed by atoms with Crippen LogP contribution in [0.2, 0.25) is 0 Å². The lowest BCUT2D eigenvalue weighted by Gasteiger charge is -2.25. The van der Waals surface area contributed by atoms with Crippen LogP contribution in [-0.4, -0.2) is 11.5 Å². The molecule has 1 aromatic heterocycles. The normalized spacial score (nSPS) is 10.8. The van der Waals surface area contributed by atoms with Crippen LogP contribution in [0.15, 0.2) is 48.5 Å². The standard InChI is InChI=1S/C21H25N3S/c1-4-13-24(14-18-8-6-5-7-15(18)2)19-11-9-17(10-12-19)20-16(3)25-21(22)23-20/h5-12H,4,13-14H2,1-3H3,(H2,22,23). The van der Waals surface area contributed by atoms with Crippen molar-refractivity contribution in [3.8, 4) is 11.3 Å². The number of nitrogen functional groups attached to an aromatic ring is 1. The summed E-state index contributed by atoms with van der Waals surface area (Å²) in [5.41, 5.74) is 11.9. The molecule has 0 saturated carbocycles. The van der Waals surface area contributed by atoms with E-state index in [-0.39, 0.29) is 0 Å². The molecule has 1 heterocycles. The maximum absolute atomic E-state index is 5.83. The SMILES string of the molecule is CCCN(Cc1ccccc1C)c1ccc(-c2nc(N)sc2C)cc1. The van der Waals surface area contributed by atoms with Gasteiger partial charge in [-0.3, -0.25) is 0 Å². The fourth-order valence-corrected chi connectivity index (χ4v) is 3.79. The maximum Gasteiger partial charge on any atom is 0.180 e. The molecule has 0 aliphatic rings. The monoisotopic (exact) mass is 351 g/mol. The Hall–Kier alpha value is -2.33. The van der Waals surface area contributed by atoms with Crippen LogP contribution in [0.4, 0.5) is 10.8 Å². The van der Waals surface area contributed by atoms with Crippen LogP contribution in [0, 0.1) is 13.8 Å². The van der Waals surface area contributed by atoms with Crippen molar-refractivity contribution in [2.45, 2.75) is 33.7 Å². The molecular formula is C21H25N3S. The van der Waals surface area contributed by atoms with Crippen LogP contribution in [0.1, 0.15) is 29.3 Å². The van der Waals surface area contributed by atoms with Crippen LogP contribution in [0.3, 0.4) is 0 Å². The van der Waals surface area contributed by atoms with Gasteiger partial charge in [0.25, 0.3) is 0 Å². The molecule has 0 atom stereocenters. The molecule has 0 aliphatic carbocycles. The Balaban J connectivity index is 1.85. The summed E-state index contributed by atoms with van der Waals surface area (Å²) in [5, 5.41) is 0.628. The van der Waals surface area contributed by atoms with Crippen molar-refractivity contribution in [2.24, 2.45) is 0 Å². The van der Waals surface area contributed by atoms with Crippen molar-refractivity contribution in [2.75, 3.05) is 17.2 Å². The van der Waals surface area contributed by atoms with Crippen molar-refractivity contribution in [3.05, 3.63) is 64.5 Å². The molecule has 4 heteroatoms. The summed E-state index contributed by atoms with van der Waals surface area (Å²) in [4.78, 5) is 8.05. The van der Waals surface area contributed by atoms with Crippen molar-refractivity contribution >= 4 is 22.2 Å². The molecule has 130 valence electrons. The number of thiazole rings is 1. The molecule has 0 aliphatic heterocycles. The zero-order valence-electron chi connectivity index (χ0n) is 15.1. The topological polar surface area (TPSA) is 42.2 Å². The second kappa shape index (κ2) is 7.70. The number of aryl methyl sites for hydroxylation is 2. The summed E-state index contributed by atoms with van der Waals surface area (Å²) in [7, 11) is 0. The quantitative estimate of drug-likeness (QED) is 0.644. The zero-order valence-corrected chi connectivity index (χ0v) is 15.9. The Morgan fingerprint density at radius 2 is 1.76 bits per heavy atom. The van der Waals surface area contributed by atoms with Gasteiger partial charge in [0.05, 0.1) is 5.69 Å². The van der Waals surface area contributed by atoms with Gasteiger partial charge in [-0.15, -0.1) is 11.3 Å². The smallest absolute Gasteiger partial charge is 0.180 e. The van der Waals surface area contributed by atoms with E-state index in [1.165, 1.54) is 16.8 Å². The first-order chi connectivity index (χ1) is 12.1. The predicted octanol–water partition coefficient (Wildman–Crippen LogP) is 5.43. The highest BCUT2D eigenvalue weighted by Crippen LogP contribution is 2.30. The number of hydrogen-bond acceptors (Lipinski definition) is 4. The molecule has 0 unspecified atom stereocenters. The van der Waals surface area contributed by atoms with Gasteiger partial charge in [0.2, 0.25) is 0 Å². The largest absolute Gasteiger partial charge is 0.375 e. The minimum absolute atomic E-state index is 0.628. The van der Waals surface area contributed by atoms with E-state index in [9.17, 15) is 0 Å². The zero-order chi connectivity index (χ0) is 17.8. The Kier molecular flexibility index (Phi) is 5.39. The Morgan fingerprint density at radius 3 is 2.36 bits per heavy atom. The fourth-order valence-electron chi connectivity index (χ4n) is 3.08. The Bertz CT molecular complexity index is 837. The average molecular weight is 352 g/mol. The Labute approximate surface area is 154 Å². The van der Waals surface area contributed by atoms with Crippen LogP contribution in [-0.2, 0) is 6.54 Å². The molecule has 3 rings (SSSR count). The highest BCUT2D eigenvalue weighted by atomic mass is 32.1. The Morgan fingerprint density at radius 1 is 1.04 bits per heavy atom. The third-order valence-corrected chi connectivity index (χ3v) is 5.23. The number of hydrogen-bond donors (Lipinski definition) is 1. The molecule has 3 nitrogen and oxygen atoms in total. The first kappa shape index (κ1) is 17.5. The van der Waals surface area contributed by atoms with Gasteiger partial charge in [-0.05, 0) is 43.5 Å². The summed E-state index contributed by atoms with van der Waals surface area (Å²) >= 11 is 1.54. The van der Waals surface area contributed by atoms with Crippen LogP contribution < -0.4 is 10.6 Å². The maximum atomic E-state index is 5.83. The number of nitrogens with two attached hydrogens (primary N) is 1. The summed E-state index contributed by atoms with van der Waals surface area (Å²) in [6, 6.07) is 17.3. The summed E-state index contributed by atoms with van der Waals surface area (Å²) in [5.74, 6) is 0. The minimum atomic E-state index is 0.628. The number of aromatic nitrogens is 1. The van der Waals surface area contributed by atoms with Gasteiger partial charge < -0.3 is 10.6 Å². The molecule has 2 aromatic carbocycles. The van der Waals surface area contributed by atoms with E-state index in [0.717, 1.165) is 35.6 Å². The average Bonchev–Trinajstić information content (AvgIpc) is 2.95. The number of rotatable bonds is 6. The first-order valence-electron chi connectivity index (χ1n) is 8.71. The fraction of sp³-hybridized carbons (Fsp3) is 0.286. The van der Waals surface area contributed by atoms with Gasteiger partial charge in [0.1, 0.15) is 0 Å². The van der Waals surface area contributed by atoms with E-state index < -0.39 is 0 Å². The molecule has 0 bridgehead atoms. The van der Waals surface area contributed by atoms with E-state index >= 15 is 0 Å². The van der Waals surface area contributed by atoms with Crippen molar-refractivity contribution in [3.63, 3.8) is 0 Å². The van der Waals surface area contributed by atoms with Gasteiger partial charge in [-0.25, -0.2) is 4.98 Å². The van der Waals surface area contributed by atoms with E-state index in [1.54, 1.807) is 11.3 Å². The lowest BCUT2D eigenvalue weighted by molar-refractivity contribution is 0.765. The second-order valence-corrected chi connectivity index (χ2v) is 7.59. The van der Waals surface area contributed by atoms with E-state index in [0.29, 0.717) is 5.13 Å². The van der Waals surface area contributed by atoms with E-state index in [4.69, 9.17) is 5.73 Å².